The molecule has 0 unspecified atom stereocenters. The second-order valence-corrected chi connectivity index (χ2v) is 4.75. The minimum absolute atomic E-state index is 0.0626. The Labute approximate surface area is 135 Å². The van der Waals surface area contributed by atoms with E-state index in [4.69, 9.17) is 5.26 Å². The number of alkyl halides is 4. The van der Waals surface area contributed by atoms with Gasteiger partial charge in [0.2, 0.25) is 0 Å². The molecule has 0 saturated heterocycles. The standard InChI is InChI=1S/C15H14F4N2O3/c1-8(2)21-13(22)10(7-20)5-9-3-4-11(23-14(16)17)6-12(9)24-15(18)19/h3-6,8,14-15H,1-2H3,(H,21,22)/b10-5+. The van der Waals surface area contributed by atoms with Crippen LogP contribution in [0.4, 0.5) is 17.6 Å². The maximum absolute atomic E-state index is 12.5. The molecule has 0 saturated carbocycles. The number of carbonyl (C=O) groups excluding carboxylic acids is 1. The van der Waals surface area contributed by atoms with E-state index in [0.717, 1.165) is 24.3 Å². The summed E-state index contributed by atoms with van der Waals surface area (Å²) in [5.41, 5.74) is -0.419. The molecule has 1 rings (SSSR count). The molecule has 0 aliphatic rings. The van der Waals surface area contributed by atoms with Crippen LogP contribution in [0.15, 0.2) is 23.8 Å². The van der Waals surface area contributed by atoms with Gasteiger partial charge in [-0.05, 0) is 32.1 Å². The Bertz CT molecular complexity index is 655. The Morgan fingerprint density at radius 2 is 1.83 bits per heavy atom. The molecule has 0 aliphatic heterocycles. The van der Waals surface area contributed by atoms with Gasteiger partial charge in [-0.3, -0.25) is 4.79 Å². The highest BCUT2D eigenvalue weighted by molar-refractivity contribution is 6.02. The number of nitrogens with zero attached hydrogens (tertiary/aromatic N) is 1. The Balaban J connectivity index is 3.22. The van der Waals surface area contributed by atoms with Crippen molar-refractivity contribution in [3.63, 3.8) is 0 Å². The topological polar surface area (TPSA) is 71.4 Å². The highest BCUT2D eigenvalue weighted by atomic mass is 19.3. The number of nitrogens with one attached hydrogen (secondary N) is 1. The van der Waals surface area contributed by atoms with Gasteiger partial charge >= 0.3 is 13.2 Å². The average molecular weight is 346 g/mol. The van der Waals surface area contributed by atoms with E-state index in [-0.39, 0.29) is 17.2 Å². The van der Waals surface area contributed by atoms with Crippen molar-refractivity contribution >= 4 is 12.0 Å². The van der Waals surface area contributed by atoms with Crippen LogP contribution in [0.3, 0.4) is 0 Å². The van der Waals surface area contributed by atoms with Crippen LogP contribution in [0.5, 0.6) is 11.5 Å². The first-order valence-electron chi connectivity index (χ1n) is 6.69. The molecular weight excluding hydrogens is 332 g/mol. The molecule has 0 bridgehead atoms. The van der Waals surface area contributed by atoms with Crippen molar-refractivity contribution in [3.05, 3.63) is 29.3 Å². The first kappa shape index (κ1) is 19.3. The molecule has 0 heterocycles. The molecule has 5 nitrogen and oxygen atoms in total. The summed E-state index contributed by atoms with van der Waals surface area (Å²) in [5.74, 6) is -1.61. The van der Waals surface area contributed by atoms with Crippen LogP contribution in [0, 0.1) is 11.3 Å². The summed E-state index contributed by atoms with van der Waals surface area (Å²) in [4.78, 5) is 11.8. The molecule has 1 aromatic rings. The highest BCUT2D eigenvalue weighted by Gasteiger charge is 2.15. The fourth-order valence-electron chi connectivity index (χ4n) is 1.65. The SMILES string of the molecule is CC(C)NC(=O)/C(C#N)=C/c1ccc(OC(F)F)cc1OC(F)F. The quantitative estimate of drug-likeness (QED) is 0.467. The number of amides is 1. The molecule has 1 amide bonds. The first-order chi connectivity index (χ1) is 11.2. The average Bonchev–Trinajstić information content (AvgIpc) is 2.44. The lowest BCUT2D eigenvalue weighted by molar-refractivity contribution is -0.117. The summed E-state index contributed by atoms with van der Waals surface area (Å²) in [6, 6.07) is 4.41. The molecule has 0 spiro atoms. The molecule has 0 aliphatic carbocycles. The second kappa shape index (κ2) is 8.76. The molecule has 0 radical (unpaired) electrons. The van der Waals surface area contributed by atoms with Gasteiger partial charge in [0.1, 0.15) is 23.1 Å². The van der Waals surface area contributed by atoms with E-state index in [9.17, 15) is 22.4 Å². The minimum Gasteiger partial charge on any atom is -0.435 e. The normalized spacial score (nSPS) is 11.6. The van der Waals surface area contributed by atoms with Gasteiger partial charge in [0.05, 0.1) is 0 Å². The number of hydrogen-bond donors (Lipinski definition) is 1. The van der Waals surface area contributed by atoms with E-state index in [1.807, 2.05) is 0 Å². The summed E-state index contributed by atoms with van der Waals surface area (Å²) in [5, 5.41) is 11.5. The number of nitriles is 1. The van der Waals surface area contributed by atoms with Gasteiger partial charge in [-0.2, -0.15) is 22.8 Å². The fraction of sp³-hybridized carbons (Fsp3) is 0.333. The van der Waals surface area contributed by atoms with E-state index >= 15 is 0 Å². The third kappa shape index (κ3) is 6.16. The largest absolute Gasteiger partial charge is 0.435 e. The minimum atomic E-state index is -3.23. The lowest BCUT2D eigenvalue weighted by Gasteiger charge is -2.12. The molecule has 24 heavy (non-hydrogen) atoms. The number of carbonyl (C=O) groups is 1. The summed E-state index contributed by atoms with van der Waals surface area (Å²) in [7, 11) is 0. The fourth-order valence-corrected chi connectivity index (χ4v) is 1.65. The van der Waals surface area contributed by atoms with E-state index < -0.39 is 30.6 Å². The maximum Gasteiger partial charge on any atom is 0.387 e. The molecule has 0 aromatic heterocycles. The highest BCUT2D eigenvalue weighted by Crippen LogP contribution is 2.29. The lowest BCUT2D eigenvalue weighted by Crippen LogP contribution is -2.30. The Morgan fingerprint density at radius 3 is 2.33 bits per heavy atom. The Kier molecular flexibility index (Phi) is 7.04. The predicted octanol–water partition coefficient (Wildman–Crippen LogP) is 3.32. The zero-order chi connectivity index (χ0) is 18.3. The molecule has 0 fully saturated rings. The zero-order valence-corrected chi connectivity index (χ0v) is 12.7. The molecule has 1 N–H and O–H groups in total. The molecular formula is C15H14F4N2O3. The van der Waals surface area contributed by atoms with Crippen LogP contribution in [-0.2, 0) is 4.79 Å². The number of hydrogen-bond acceptors (Lipinski definition) is 4. The van der Waals surface area contributed by atoms with Gasteiger partial charge < -0.3 is 14.8 Å². The number of rotatable bonds is 7. The third-order valence-electron chi connectivity index (χ3n) is 2.51. The van der Waals surface area contributed by atoms with Gasteiger partial charge in [0.15, 0.2) is 0 Å². The van der Waals surface area contributed by atoms with Crippen LogP contribution in [0.25, 0.3) is 6.08 Å². The van der Waals surface area contributed by atoms with Crippen molar-refractivity contribution in [1.82, 2.24) is 5.32 Å². The lowest BCUT2D eigenvalue weighted by atomic mass is 10.1. The smallest absolute Gasteiger partial charge is 0.387 e. The van der Waals surface area contributed by atoms with Crippen LogP contribution in [-0.4, -0.2) is 25.2 Å². The third-order valence-corrected chi connectivity index (χ3v) is 2.51. The van der Waals surface area contributed by atoms with Crippen molar-refractivity contribution in [3.8, 4) is 17.6 Å². The second-order valence-electron chi connectivity index (χ2n) is 4.75. The van der Waals surface area contributed by atoms with Crippen LogP contribution in [0.2, 0.25) is 0 Å². The summed E-state index contributed by atoms with van der Waals surface area (Å²) in [6.07, 6.45) is 1.02. The Hall–Kier alpha value is -2.76. The predicted molar refractivity (Wildman–Crippen MR) is 76.6 cm³/mol. The summed E-state index contributed by atoms with van der Waals surface area (Å²) >= 11 is 0. The molecule has 9 heteroatoms. The molecule has 0 atom stereocenters. The first-order valence-corrected chi connectivity index (χ1v) is 6.69. The van der Waals surface area contributed by atoms with Gasteiger partial charge in [-0.25, -0.2) is 0 Å². The monoisotopic (exact) mass is 346 g/mol. The Morgan fingerprint density at radius 1 is 1.21 bits per heavy atom. The molecule has 130 valence electrons. The number of halogens is 4. The van der Waals surface area contributed by atoms with E-state index in [1.54, 1.807) is 19.9 Å². The van der Waals surface area contributed by atoms with E-state index in [1.165, 1.54) is 0 Å². The van der Waals surface area contributed by atoms with Crippen LogP contribution >= 0.6 is 0 Å². The summed E-state index contributed by atoms with van der Waals surface area (Å²) in [6.45, 7) is -3.02. The van der Waals surface area contributed by atoms with Crippen LogP contribution in [0.1, 0.15) is 19.4 Å². The van der Waals surface area contributed by atoms with Crippen molar-refractivity contribution in [2.24, 2.45) is 0 Å². The van der Waals surface area contributed by atoms with E-state index in [2.05, 4.69) is 14.8 Å². The summed E-state index contributed by atoms with van der Waals surface area (Å²) < 4.78 is 57.6. The number of ether oxygens (including phenoxy) is 2. The van der Waals surface area contributed by atoms with Gasteiger partial charge in [-0.15, -0.1) is 0 Å². The number of benzene rings is 1. The van der Waals surface area contributed by atoms with Crippen LogP contribution < -0.4 is 14.8 Å². The van der Waals surface area contributed by atoms with Crippen molar-refractivity contribution in [1.29, 1.82) is 5.26 Å². The van der Waals surface area contributed by atoms with Crippen molar-refractivity contribution < 1.29 is 31.8 Å². The van der Waals surface area contributed by atoms with Gasteiger partial charge in [0.25, 0.3) is 5.91 Å². The van der Waals surface area contributed by atoms with Gasteiger partial charge in [-0.1, -0.05) is 0 Å². The molecule has 1 aromatic carbocycles. The van der Waals surface area contributed by atoms with E-state index in [0.29, 0.717) is 0 Å². The van der Waals surface area contributed by atoms with Crippen molar-refractivity contribution in [2.75, 3.05) is 0 Å². The van der Waals surface area contributed by atoms with Gasteiger partial charge in [0, 0.05) is 17.7 Å². The zero-order valence-electron chi connectivity index (χ0n) is 12.7. The maximum atomic E-state index is 12.5. The van der Waals surface area contributed by atoms with Crippen molar-refractivity contribution in [2.45, 2.75) is 33.1 Å².